The zero-order chi connectivity index (χ0) is 12.2. The summed E-state index contributed by atoms with van der Waals surface area (Å²) < 4.78 is 40.4. The molecular formula is C9H14F3NO3. The second-order valence-corrected chi connectivity index (χ2v) is 3.73. The summed E-state index contributed by atoms with van der Waals surface area (Å²) in [5.41, 5.74) is 0. The molecule has 0 amide bonds. The molecule has 1 fully saturated rings. The van der Waals surface area contributed by atoms with Crippen LogP contribution in [0, 0.1) is 0 Å². The second kappa shape index (κ2) is 5.49. The van der Waals surface area contributed by atoms with Gasteiger partial charge in [0.15, 0.2) is 6.10 Å². The van der Waals surface area contributed by atoms with Crippen molar-refractivity contribution in [2.24, 2.45) is 0 Å². The number of alkyl halides is 3. The van der Waals surface area contributed by atoms with Crippen molar-refractivity contribution in [2.45, 2.75) is 37.6 Å². The molecular weight excluding hydrogens is 227 g/mol. The number of aliphatic carboxylic acids is 1. The third-order valence-electron chi connectivity index (χ3n) is 2.34. The van der Waals surface area contributed by atoms with Crippen molar-refractivity contribution in [1.29, 1.82) is 0 Å². The Bertz CT molecular complexity index is 245. The van der Waals surface area contributed by atoms with Gasteiger partial charge in [0.25, 0.3) is 0 Å². The fraction of sp³-hybridized carbons (Fsp3) is 0.889. The Morgan fingerprint density at radius 2 is 2.12 bits per heavy atom. The molecule has 0 aromatic heterocycles. The minimum absolute atomic E-state index is 0.166. The summed E-state index contributed by atoms with van der Waals surface area (Å²) in [7, 11) is 0. The average Bonchev–Trinajstić information content (AvgIpc) is 2.59. The topological polar surface area (TPSA) is 58.6 Å². The highest BCUT2D eigenvalue weighted by Crippen LogP contribution is 2.20. The molecule has 1 aliphatic heterocycles. The lowest BCUT2D eigenvalue weighted by atomic mass is 10.2. The standard InChI is InChI=1S/C9H14F3NO3/c10-9(11,12)3-4-13-5-6-1-2-7(16-6)8(14)15/h6-7,13H,1-5H2,(H,14,15). The van der Waals surface area contributed by atoms with Crippen LogP contribution in [0.3, 0.4) is 0 Å². The van der Waals surface area contributed by atoms with Crippen LogP contribution in [0.2, 0.25) is 0 Å². The van der Waals surface area contributed by atoms with E-state index in [0.717, 1.165) is 0 Å². The highest BCUT2D eigenvalue weighted by molar-refractivity contribution is 5.72. The molecule has 0 aromatic carbocycles. The molecule has 2 N–H and O–H groups in total. The predicted molar refractivity (Wildman–Crippen MR) is 49.1 cm³/mol. The van der Waals surface area contributed by atoms with Gasteiger partial charge in [0.2, 0.25) is 0 Å². The molecule has 4 nitrogen and oxygen atoms in total. The van der Waals surface area contributed by atoms with Crippen LogP contribution in [0.4, 0.5) is 13.2 Å². The Labute approximate surface area is 90.8 Å². The van der Waals surface area contributed by atoms with Crippen molar-refractivity contribution in [1.82, 2.24) is 5.32 Å². The maximum absolute atomic E-state index is 11.8. The summed E-state index contributed by atoms with van der Waals surface area (Å²) in [6.07, 6.45) is -5.17. The van der Waals surface area contributed by atoms with Gasteiger partial charge in [-0.05, 0) is 12.8 Å². The molecule has 1 heterocycles. The van der Waals surface area contributed by atoms with E-state index in [-0.39, 0.29) is 19.2 Å². The molecule has 1 aliphatic rings. The molecule has 16 heavy (non-hydrogen) atoms. The van der Waals surface area contributed by atoms with Gasteiger partial charge in [-0.25, -0.2) is 4.79 Å². The van der Waals surface area contributed by atoms with Crippen LogP contribution in [-0.2, 0) is 9.53 Å². The Morgan fingerprint density at radius 1 is 1.44 bits per heavy atom. The number of carbonyl (C=O) groups is 1. The monoisotopic (exact) mass is 241 g/mol. The molecule has 2 atom stereocenters. The molecule has 0 aliphatic carbocycles. The van der Waals surface area contributed by atoms with Crippen LogP contribution >= 0.6 is 0 Å². The lowest BCUT2D eigenvalue weighted by Gasteiger charge is -2.12. The fourth-order valence-electron chi connectivity index (χ4n) is 1.53. The zero-order valence-electron chi connectivity index (χ0n) is 8.59. The molecule has 1 saturated heterocycles. The first-order valence-electron chi connectivity index (χ1n) is 5.04. The maximum atomic E-state index is 11.8. The maximum Gasteiger partial charge on any atom is 0.390 e. The van der Waals surface area contributed by atoms with E-state index in [1.54, 1.807) is 0 Å². The number of nitrogens with one attached hydrogen (secondary N) is 1. The Morgan fingerprint density at radius 3 is 2.62 bits per heavy atom. The van der Waals surface area contributed by atoms with Crippen LogP contribution in [-0.4, -0.2) is 42.5 Å². The van der Waals surface area contributed by atoms with E-state index in [1.165, 1.54) is 0 Å². The largest absolute Gasteiger partial charge is 0.479 e. The summed E-state index contributed by atoms with van der Waals surface area (Å²) in [6.45, 7) is 0.0982. The summed E-state index contributed by atoms with van der Waals surface area (Å²) >= 11 is 0. The van der Waals surface area contributed by atoms with Gasteiger partial charge in [0.05, 0.1) is 12.5 Å². The van der Waals surface area contributed by atoms with Gasteiger partial charge in [0.1, 0.15) is 0 Å². The first-order chi connectivity index (χ1) is 7.38. The van der Waals surface area contributed by atoms with Crippen molar-refractivity contribution < 1.29 is 27.8 Å². The molecule has 1 rings (SSSR count). The van der Waals surface area contributed by atoms with Crippen LogP contribution in [0.15, 0.2) is 0 Å². The third kappa shape index (κ3) is 4.80. The molecule has 0 aromatic rings. The first kappa shape index (κ1) is 13.2. The van der Waals surface area contributed by atoms with E-state index in [9.17, 15) is 18.0 Å². The minimum atomic E-state index is -4.16. The van der Waals surface area contributed by atoms with Gasteiger partial charge in [-0.2, -0.15) is 13.2 Å². The number of hydrogen-bond acceptors (Lipinski definition) is 3. The molecule has 7 heteroatoms. The first-order valence-corrected chi connectivity index (χ1v) is 5.04. The van der Waals surface area contributed by atoms with E-state index in [2.05, 4.69) is 5.32 Å². The summed E-state index contributed by atoms with van der Waals surface area (Å²) in [5.74, 6) is -1.02. The molecule has 0 saturated carbocycles. The Hall–Kier alpha value is -0.820. The second-order valence-electron chi connectivity index (χ2n) is 3.73. The normalized spacial score (nSPS) is 25.9. The SMILES string of the molecule is O=C(O)C1CCC(CNCCC(F)(F)F)O1. The zero-order valence-corrected chi connectivity index (χ0v) is 8.59. The van der Waals surface area contributed by atoms with E-state index in [1.807, 2.05) is 0 Å². The summed E-state index contributed by atoms with van der Waals surface area (Å²) in [6, 6.07) is 0. The molecule has 0 bridgehead atoms. The van der Waals surface area contributed by atoms with Crippen molar-refractivity contribution in [2.75, 3.05) is 13.1 Å². The van der Waals surface area contributed by atoms with E-state index in [4.69, 9.17) is 9.84 Å². The predicted octanol–water partition coefficient (Wildman–Crippen LogP) is 1.16. The van der Waals surface area contributed by atoms with Gasteiger partial charge in [-0.15, -0.1) is 0 Å². The Balaban J connectivity index is 2.09. The highest BCUT2D eigenvalue weighted by atomic mass is 19.4. The number of hydrogen-bond donors (Lipinski definition) is 2. The van der Waals surface area contributed by atoms with Gasteiger partial charge >= 0.3 is 12.1 Å². The number of halogens is 3. The molecule has 2 unspecified atom stereocenters. The fourth-order valence-corrected chi connectivity index (χ4v) is 1.53. The third-order valence-corrected chi connectivity index (χ3v) is 2.34. The lowest BCUT2D eigenvalue weighted by Crippen LogP contribution is -2.31. The number of carboxylic acids is 1. The highest BCUT2D eigenvalue weighted by Gasteiger charge is 2.30. The van der Waals surface area contributed by atoms with Crippen LogP contribution < -0.4 is 5.32 Å². The quantitative estimate of drug-likeness (QED) is 0.709. The van der Waals surface area contributed by atoms with Gasteiger partial charge in [-0.1, -0.05) is 0 Å². The molecule has 0 spiro atoms. The minimum Gasteiger partial charge on any atom is -0.479 e. The van der Waals surface area contributed by atoms with Crippen molar-refractivity contribution >= 4 is 5.97 Å². The van der Waals surface area contributed by atoms with Crippen molar-refractivity contribution in [3.63, 3.8) is 0 Å². The molecule has 94 valence electrons. The van der Waals surface area contributed by atoms with Gasteiger partial charge in [-0.3, -0.25) is 0 Å². The van der Waals surface area contributed by atoms with Crippen LogP contribution in [0.25, 0.3) is 0 Å². The number of carboxylic acid groups (broad SMARTS) is 1. The average molecular weight is 241 g/mol. The summed E-state index contributed by atoms with van der Waals surface area (Å²) in [4.78, 5) is 10.5. The number of ether oxygens (including phenoxy) is 1. The lowest BCUT2D eigenvalue weighted by molar-refractivity contribution is -0.149. The smallest absolute Gasteiger partial charge is 0.390 e. The van der Waals surface area contributed by atoms with E-state index >= 15 is 0 Å². The van der Waals surface area contributed by atoms with Gasteiger partial charge < -0.3 is 15.2 Å². The van der Waals surface area contributed by atoms with Crippen molar-refractivity contribution in [3.05, 3.63) is 0 Å². The van der Waals surface area contributed by atoms with E-state index < -0.39 is 24.7 Å². The number of rotatable bonds is 5. The summed E-state index contributed by atoms with van der Waals surface area (Å²) in [5, 5.41) is 11.2. The van der Waals surface area contributed by atoms with Gasteiger partial charge in [0, 0.05) is 13.1 Å². The van der Waals surface area contributed by atoms with E-state index in [0.29, 0.717) is 12.8 Å². The Kier molecular flexibility index (Phi) is 4.55. The van der Waals surface area contributed by atoms with Crippen molar-refractivity contribution in [3.8, 4) is 0 Å². The molecule has 0 radical (unpaired) electrons. The van der Waals surface area contributed by atoms with Crippen LogP contribution in [0.1, 0.15) is 19.3 Å². The van der Waals surface area contributed by atoms with Crippen LogP contribution in [0.5, 0.6) is 0 Å².